The summed E-state index contributed by atoms with van der Waals surface area (Å²) < 4.78 is 4.87. The summed E-state index contributed by atoms with van der Waals surface area (Å²) in [6, 6.07) is -0.668. The molecule has 1 unspecified atom stereocenters. The molecule has 1 saturated carbocycles. The van der Waals surface area contributed by atoms with E-state index in [9.17, 15) is 9.90 Å². The van der Waals surface area contributed by atoms with E-state index in [2.05, 4.69) is 0 Å². The van der Waals surface area contributed by atoms with E-state index >= 15 is 0 Å². The summed E-state index contributed by atoms with van der Waals surface area (Å²) >= 11 is 0. The number of rotatable bonds is 3. The number of aliphatic hydroxyl groups is 1. The van der Waals surface area contributed by atoms with Crippen LogP contribution in [0.25, 0.3) is 0 Å². The maximum Gasteiger partial charge on any atom is 0.323 e. The van der Waals surface area contributed by atoms with Crippen LogP contribution in [0.2, 0.25) is 0 Å². The second-order valence-corrected chi connectivity index (χ2v) is 4.15. The van der Waals surface area contributed by atoms with Crippen molar-refractivity contribution in [1.82, 2.24) is 0 Å². The van der Waals surface area contributed by atoms with Crippen molar-refractivity contribution in [2.75, 3.05) is 6.61 Å². The molecule has 4 nitrogen and oxygen atoms in total. The number of hydrogen-bond donors (Lipinski definition) is 2. The minimum absolute atomic E-state index is 0.133. The largest absolute Gasteiger partial charge is 0.465 e. The van der Waals surface area contributed by atoms with Gasteiger partial charge >= 0.3 is 5.97 Å². The van der Waals surface area contributed by atoms with Crippen LogP contribution < -0.4 is 5.73 Å². The van der Waals surface area contributed by atoms with E-state index in [0.29, 0.717) is 6.61 Å². The van der Waals surface area contributed by atoms with E-state index < -0.39 is 12.1 Å². The quantitative estimate of drug-likeness (QED) is 0.540. The number of nitrogens with two attached hydrogens (primary N) is 1. The number of aliphatic hydroxyl groups excluding tert-OH is 1. The van der Waals surface area contributed by atoms with Gasteiger partial charge in [-0.15, -0.1) is 0 Å². The van der Waals surface area contributed by atoms with E-state index in [1.54, 1.807) is 6.92 Å². The van der Waals surface area contributed by atoms with E-state index in [4.69, 9.17) is 10.5 Å². The predicted octanol–water partition coefficient (Wildman–Crippen LogP) is 0.818. The van der Waals surface area contributed by atoms with Gasteiger partial charge in [0.1, 0.15) is 6.04 Å². The van der Waals surface area contributed by atoms with Gasteiger partial charge in [-0.25, -0.2) is 0 Å². The summed E-state index contributed by atoms with van der Waals surface area (Å²) in [5.74, 6) is -0.519. The minimum Gasteiger partial charge on any atom is -0.465 e. The Hall–Kier alpha value is -0.610. The van der Waals surface area contributed by atoms with Crippen LogP contribution in [0.3, 0.4) is 0 Å². The van der Waals surface area contributed by atoms with Crippen molar-refractivity contribution < 1.29 is 14.6 Å². The maximum absolute atomic E-state index is 11.4. The average Bonchev–Trinajstić information content (AvgIpc) is 2.42. The van der Waals surface area contributed by atoms with Gasteiger partial charge in [0.2, 0.25) is 0 Å². The Morgan fingerprint density at radius 3 is 2.80 bits per heavy atom. The van der Waals surface area contributed by atoms with E-state index in [1.807, 2.05) is 0 Å². The first-order chi connectivity index (χ1) is 7.16. The molecule has 3 N–H and O–H groups in total. The van der Waals surface area contributed by atoms with E-state index in [1.165, 1.54) is 0 Å². The first-order valence-corrected chi connectivity index (χ1v) is 5.77. The highest BCUT2D eigenvalue weighted by Gasteiger charge is 2.32. The van der Waals surface area contributed by atoms with Gasteiger partial charge in [0, 0.05) is 5.92 Å². The molecule has 0 amide bonds. The monoisotopic (exact) mass is 215 g/mol. The van der Waals surface area contributed by atoms with Gasteiger partial charge < -0.3 is 15.6 Å². The molecular formula is C11H21NO3. The summed E-state index contributed by atoms with van der Waals surface area (Å²) in [4.78, 5) is 11.4. The molecule has 0 saturated heterocycles. The number of esters is 1. The second kappa shape index (κ2) is 6.08. The molecule has 3 atom stereocenters. The van der Waals surface area contributed by atoms with Crippen molar-refractivity contribution >= 4 is 5.97 Å². The predicted molar refractivity (Wildman–Crippen MR) is 57.2 cm³/mol. The zero-order valence-electron chi connectivity index (χ0n) is 9.32. The molecule has 0 heterocycles. The van der Waals surface area contributed by atoms with Crippen molar-refractivity contribution in [3.05, 3.63) is 0 Å². The van der Waals surface area contributed by atoms with E-state index in [-0.39, 0.29) is 11.9 Å². The highest BCUT2D eigenvalue weighted by molar-refractivity contribution is 5.75. The molecule has 0 radical (unpaired) electrons. The average molecular weight is 215 g/mol. The summed E-state index contributed by atoms with van der Waals surface area (Å²) in [6.07, 6.45) is 4.29. The summed E-state index contributed by atoms with van der Waals surface area (Å²) in [6.45, 7) is 2.10. The van der Waals surface area contributed by atoms with Crippen molar-refractivity contribution in [3.8, 4) is 0 Å². The first kappa shape index (κ1) is 12.5. The normalized spacial score (nSPS) is 29.3. The molecule has 0 aliphatic heterocycles. The molecular weight excluding hydrogens is 194 g/mol. The standard InChI is InChI=1S/C11H21NO3/c1-2-15-11(14)10(12)8-6-4-3-5-7-9(8)13/h8-10,13H,2-7,12H2,1H3/t8-,9?,10-/m0/s1. The van der Waals surface area contributed by atoms with Crippen LogP contribution in [0, 0.1) is 5.92 Å². The lowest BCUT2D eigenvalue weighted by Crippen LogP contribution is -2.44. The van der Waals surface area contributed by atoms with Crippen LogP contribution in [0.4, 0.5) is 0 Å². The fourth-order valence-corrected chi connectivity index (χ4v) is 2.15. The smallest absolute Gasteiger partial charge is 0.323 e. The van der Waals surface area contributed by atoms with Crippen molar-refractivity contribution in [1.29, 1.82) is 0 Å². The SMILES string of the molecule is CCOC(=O)[C@@H](N)[C@H]1CCCCCC1O. The van der Waals surface area contributed by atoms with Gasteiger partial charge in [-0.2, -0.15) is 0 Å². The highest BCUT2D eigenvalue weighted by Crippen LogP contribution is 2.25. The Morgan fingerprint density at radius 2 is 2.13 bits per heavy atom. The lowest BCUT2D eigenvalue weighted by atomic mass is 9.90. The number of carbonyl (C=O) groups excluding carboxylic acids is 1. The van der Waals surface area contributed by atoms with Crippen LogP contribution in [0.5, 0.6) is 0 Å². The van der Waals surface area contributed by atoms with E-state index in [0.717, 1.165) is 32.1 Å². The zero-order valence-corrected chi connectivity index (χ0v) is 9.32. The fraction of sp³-hybridized carbons (Fsp3) is 0.909. The molecule has 1 fully saturated rings. The third kappa shape index (κ3) is 3.47. The van der Waals surface area contributed by atoms with Crippen LogP contribution in [0.1, 0.15) is 39.0 Å². The molecule has 1 rings (SSSR count). The van der Waals surface area contributed by atoms with Gasteiger partial charge in [-0.05, 0) is 19.8 Å². The zero-order chi connectivity index (χ0) is 11.3. The summed E-state index contributed by atoms with van der Waals surface area (Å²) in [5.41, 5.74) is 5.80. The number of carbonyl (C=O) groups is 1. The molecule has 88 valence electrons. The second-order valence-electron chi connectivity index (χ2n) is 4.15. The Balaban J connectivity index is 2.54. The van der Waals surface area contributed by atoms with Gasteiger partial charge in [0.25, 0.3) is 0 Å². The minimum atomic E-state index is -0.668. The van der Waals surface area contributed by atoms with Gasteiger partial charge in [-0.3, -0.25) is 4.79 Å². The highest BCUT2D eigenvalue weighted by atomic mass is 16.5. The molecule has 0 bridgehead atoms. The fourth-order valence-electron chi connectivity index (χ4n) is 2.15. The summed E-state index contributed by atoms with van der Waals surface area (Å²) in [5, 5.41) is 9.85. The molecule has 1 aliphatic carbocycles. The van der Waals surface area contributed by atoms with Gasteiger partial charge in [-0.1, -0.05) is 19.3 Å². The van der Waals surface area contributed by atoms with Crippen molar-refractivity contribution in [3.63, 3.8) is 0 Å². The van der Waals surface area contributed by atoms with Crippen molar-refractivity contribution in [2.45, 2.75) is 51.2 Å². The molecule has 0 aromatic rings. The molecule has 0 spiro atoms. The number of ether oxygens (including phenoxy) is 1. The lowest BCUT2D eigenvalue weighted by molar-refractivity contribution is -0.147. The van der Waals surface area contributed by atoms with Crippen molar-refractivity contribution in [2.24, 2.45) is 11.7 Å². The maximum atomic E-state index is 11.4. The Labute approximate surface area is 90.8 Å². The Morgan fingerprint density at radius 1 is 1.47 bits per heavy atom. The molecule has 15 heavy (non-hydrogen) atoms. The Bertz CT molecular complexity index is 208. The molecule has 1 aliphatic rings. The molecule has 0 aromatic heterocycles. The third-order valence-corrected chi connectivity index (χ3v) is 3.05. The Kier molecular flexibility index (Phi) is 5.05. The summed E-state index contributed by atoms with van der Waals surface area (Å²) in [7, 11) is 0. The van der Waals surface area contributed by atoms with Crippen LogP contribution in [-0.2, 0) is 9.53 Å². The van der Waals surface area contributed by atoms with Crippen LogP contribution >= 0.6 is 0 Å². The number of hydrogen-bond acceptors (Lipinski definition) is 4. The lowest BCUT2D eigenvalue weighted by Gasteiger charge is -2.25. The third-order valence-electron chi connectivity index (χ3n) is 3.05. The van der Waals surface area contributed by atoms with Crippen LogP contribution in [-0.4, -0.2) is 29.8 Å². The topological polar surface area (TPSA) is 72.5 Å². The van der Waals surface area contributed by atoms with Gasteiger partial charge in [0.05, 0.1) is 12.7 Å². The molecule has 0 aromatic carbocycles. The van der Waals surface area contributed by atoms with Crippen LogP contribution in [0.15, 0.2) is 0 Å². The molecule has 4 heteroatoms. The first-order valence-electron chi connectivity index (χ1n) is 5.77. The van der Waals surface area contributed by atoms with Gasteiger partial charge in [0.15, 0.2) is 0 Å².